The molecule has 0 fully saturated rings. The summed E-state index contributed by atoms with van der Waals surface area (Å²) in [7, 11) is 5.83. The molecule has 0 spiro atoms. The van der Waals surface area contributed by atoms with Crippen molar-refractivity contribution in [1.29, 1.82) is 0 Å². The van der Waals surface area contributed by atoms with E-state index in [0.717, 1.165) is 4.47 Å². The molecule has 1 aromatic rings. The van der Waals surface area contributed by atoms with Crippen molar-refractivity contribution in [3.63, 3.8) is 0 Å². The van der Waals surface area contributed by atoms with Crippen molar-refractivity contribution >= 4 is 37.3 Å². The molecule has 0 saturated carbocycles. The maximum atomic E-state index is 5.45. The van der Waals surface area contributed by atoms with E-state index in [1.807, 2.05) is 24.3 Å². The Morgan fingerprint density at radius 1 is 1.33 bits per heavy atom. The van der Waals surface area contributed by atoms with Crippen LogP contribution in [0.5, 0.6) is 0 Å². The molecule has 1 rings (SSSR count). The molecule has 44 valence electrons. The molecular formula is C6H5BBrP. The van der Waals surface area contributed by atoms with E-state index in [1.54, 1.807) is 0 Å². The summed E-state index contributed by atoms with van der Waals surface area (Å²) in [6, 6.07) is 7.98. The lowest BCUT2D eigenvalue weighted by molar-refractivity contribution is 1.72. The fourth-order valence-corrected chi connectivity index (χ4v) is 1.62. The maximum absolute atomic E-state index is 5.45. The van der Waals surface area contributed by atoms with Crippen molar-refractivity contribution in [3.8, 4) is 0 Å². The van der Waals surface area contributed by atoms with Gasteiger partial charge in [0.2, 0.25) is 0 Å². The fourth-order valence-electron chi connectivity index (χ4n) is 0.578. The van der Waals surface area contributed by atoms with Gasteiger partial charge in [0, 0.05) is 4.47 Å². The molecule has 3 heteroatoms. The Hall–Kier alpha value is 0.195. The van der Waals surface area contributed by atoms with Crippen LogP contribution < -0.4 is 5.30 Å². The first kappa shape index (κ1) is 7.30. The van der Waals surface area contributed by atoms with Crippen molar-refractivity contribution in [2.45, 2.75) is 0 Å². The Bertz CT molecular complexity index is 202. The van der Waals surface area contributed by atoms with Crippen LogP contribution >= 0.6 is 24.4 Å². The second kappa shape index (κ2) is 3.38. The van der Waals surface area contributed by atoms with Gasteiger partial charge in [-0.1, -0.05) is 34.1 Å². The second-order valence-corrected chi connectivity index (χ2v) is 3.31. The van der Waals surface area contributed by atoms with Gasteiger partial charge < -0.3 is 0 Å². The van der Waals surface area contributed by atoms with E-state index in [0.29, 0.717) is 8.46 Å². The van der Waals surface area contributed by atoms with Crippen LogP contribution in [0.25, 0.3) is 0 Å². The zero-order chi connectivity index (χ0) is 6.69. The highest BCUT2D eigenvalue weighted by Gasteiger charge is 1.90. The zero-order valence-electron chi connectivity index (χ0n) is 4.76. The molecule has 1 atom stereocenters. The summed E-state index contributed by atoms with van der Waals surface area (Å²) >= 11 is 3.38. The smallest absolute Gasteiger partial charge is 0.110 e. The van der Waals surface area contributed by atoms with Gasteiger partial charge in [-0.2, -0.15) is 0 Å². The summed E-state index contributed by atoms with van der Waals surface area (Å²) in [5.74, 6) is 0. The minimum Gasteiger partial charge on any atom is -0.140 e. The van der Waals surface area contributed by atoms with E-state index in [4.69, 9.17) is 7.57 Å². The standard InChI is InChI=1S/C6H5BBrP/c7-9-6-4-2-1-3-5(6)8/h1-4,9H. The normalized spacial score (nSPS) is 10.8. The predicted molar refractivity (Wildman–Crippen MR) is 47.8 cm³/mol. The third-order valence-corrected chi connectivity index (χ3v) is 2.83. The average molecular weight is 199 g/mol. The second-order valence-electron chi connectivity index (χ2n) is 1.62. The van der Waals surface area contributed by atoms with Crippen LogP contribution in [-0.4, -0.2) is 7.57 Å². The molecule has 2 radical (unpaired) electrons. The third-order valence-electron chi connectivity index (χ3n) is 1.03. The van der Waals surface area contributed by atoms with E-state index in [9.17, 15) is 0 Å². The summed E-state index contributed by atoms with van der Waals surface area (Å²) in [5.41, 5.74) is 0. The Kier molecular flexibility index (Phi) is 2.75. The third kappa shape index (κ3) is 1.81. The first-order valence-electron chi connectivity index (χ1n) is 2.56. The molecule has 0 aliphatic rings. The van der Waals surface area contributed by atoms with Crippen LogP contribution in [0.2, 0.25) is 0 Å². The highest BCUT2D eigenvalue weighted by Crippen LogP contribution is 2.12. The van der Waals surface area contributed by atoms with E-state index in [1.165, 1.54) is 5.30 Å². The largest absolute Gasteiger partial charge is 0.140 e. The highest BCUT2D eigenvalue weighted by atomic mass is 79.9. The van der Waals surface area contributed by atoms with E-state index >= 15 is 0 Å². The van der Waals surface area contributed by atoms with Crippen LogP contribution in [0, 0.1) is 0 Å². The topological polar surface area (TPSA) is 0 Å². The lowest BCUT2D eigenvalue weighted by Crippen LogP contribution is -1.93. The van der Waals surface area contributed by atoms with Crippen molar-refractivity contribution in [2.24, 2.45) is 0 Å². The van der Waals surface area contributed by atoms with Gasteiger partial charge >= 0.3 is 0 Å². The molecule has 0 aliphatic carbocycles. The van der Waals surface area contributed by atoms with Crippen molar-refractivity contribution < 1.29 is 0 Å². The van der Waals surface area contributed by atoms with Crippen molar-refractivity contribution in [2.75, 3.05) is 0 Å². The minimum atomic E-state index is 0.382. The lowest BCUT2D eigenvalue weighted by Gasteiger charge is -1.97. The maximum Gasteiger partial charge on any atom is 0.110 e. The molecule has 0 N–H and O–H groups in total. The molecule has 0 aromatic heterocycles. The summed E-state index contributed by atoms with van der Waals surface area (Å²) in [5, 5.41) is 1.18. The van der Waals surface area contributed by atoms with Crippen molar-refractivity contribution in [3.05, 3.63) is 28.7 Å². The zero-order valence-corrected chi connectivity index (χ0v) is 7.35. The molecule has 1 aromatic carbocycles. The van der Waals surface area contributed by atoms with Gasteiger partial charge in [0.05, 0.1) is 0 Å². The highest BCUT2D eigenvalue weighted by molar-refractivity contribution is 9.10. The van der Waals surface area contributed by atoms with E-state index < -0.39 is 0 Å². The van der Waals surface area contributed by atoms with Gasteiger partial charge in [-0.15, -0.1) is 8.46 Å². The molecular weight excluding hydrogens is 194 g/mol. The van der Waals surface area contributed by atoms with E-state index in [2.05, 4.69) is 15.9 Å². The average Bonchev–Trinajstić information content (AvgIpc) is 1.89. The predicted octanol–water partition coefficient (Wildman–Crippen LogP) is 1.84. The van der Waals surface area contributed by atoms with Crippen molar-refractivity contribution in [1.82, 2.24) is 0 Å². The molecule has 0 saturated heterocycles. The van der Waals surface area contributed by atoms with Gasteiger partial charge in [0.25, 0.3) is 0 Å². The van der Waals surface area contributed by atoms with Crippen LogP contribution in [0.15, 0.2) is 28.7 Å². The van der Waals surface area contributed by atoms with Gasteiger partial charge in [0.15, 0.2) is 0 Å². The summed E-state index contributed by atoms with van der Waals surface area (Å²) in [6.45, 7) is 0. The summed E-state index contributed by atoms with van der Waals surface area (Å²) in [4.78, 5) is 0. The number of hydrogen-bond acceptors (Lipinski definition) is 0. The number of rotatable bonds is 1. The monoisotopic (exact) mass is 198 g/mol. The Morgan fingerprint density at radius 3 is 2.44 bits per heavy atom. The van der Waals surface area contributed by atoms with Gasteiger partial charge in [0.1, 0.15) is 7.57 Å². The first-order chi connectivity index (χ1) is 4.34. The fraction of sp³-hybridized carbons (Fsp3) is 0. The van der Waals surface area contributed by atoms with Gasteiger partial charge in [-0.05, 0) is 11.4 Å². The molecule has 0 heterocycles. The quantitative estimate of drug-likeness (QED) is 0.477. The number of halogens is 1. The number of benzene rings is 1. The molecule has 9 heavy (non-hydrogen) atoms. The molecule has 0 bridgehead atoms. The SMILES string of the molecule is [B]Pc1ccccc1Br. The Labute approximate surface area is 66.3 Å². The minimum absolute atomic E-state index is 0.382. The van der Waals surface area contributed by atoms with Gasteiger partial charge in [-0.3, -0.25) is 0 Å². The molecule has 0 aliphatic heterocycles. The van der Waals surface area contributed by atoms with Crippen LogP contribution in [0.1, 0.15) is 0 Å². The molecule has 0 amide bonds. The van der Waals surface area contributed by atoms with Crippen LogP contribution in [0.4, 0.5) is 0 Å². The Morgan fingerprint density at radius 2 is 2.00 bits per heavy atom. The van der Waals surface area contributed by atoms with E-state index in [-0.39, 0.29) is 0 Å². The summed E-state index contributed by atoms with van der Waals surface area (Å²) < 4.78 is 1.10. The number of hydrogen-bond donors (Lipinski definition) is 0. The van der Waals surface area contributed by atoms with Crippen LogP contribution in [0.3, 0.4) is 0 Å². The summed E-state index contributed by atoms with van der Waals surface area (Å²) in [6.07, 6.45) is 0. The first-order valence-corrected chi connectivity index (χ1v) is 4.43. The van der Waals surface area contributed by atoms with Gasteiger partial charge in [-0.25, -0.2) is 0 Å². The lowest BCUT2D eigenvalue weighted by atomic mass is 10.4. The molecule has 0 nitrogen and oxygen atoms in total. The Balaban J connectivity index is 3.01. The van der Waals surface area contributed by atoms with Crippen LogP contribution in [-0.2, 0) is 0 Å². The molecule has 1 unspecified atom stereocenters.